The molecule has 0 saturated heterocycles. The molecule has 0 aliphatic carbocycles. The number of carbonyl (C=O) groups is 1. The zero-order chi connectivity index (χ0) is 10.7. The molecule has 0 spiro atoms. The fourth-order valence-corrected chi connectivity index (χ4v) is 1.93. The van der Waals surface area contributed by atoms with Crippen LogP contribution < -0.4 is 0 Å². The lowest BCUT2D eigenvalue weighted by atomic mass is 10.0. The van der Waals surface area contributed by atoms with Gasteiger partial charge in [0.25, 0.3) is 0 Å². The van der Waals surface area contributed by atoms with Gasteiger partial charge in [-0.15, -0.1) is 6.58 Å². The van der Waals surface area contributed by atoms with Gasteiger partial charge in [-0.25, -0.2) is 4.79 Å². The first-order valence-corrected chi connectivity index (χ1v) is 4.91. The van der Waals surface area contributed by atoms with Crippen LogP contribution in [0.2, 0.25) is 0 Å². The number of likely N-dealkylation sites (N-methyl/N-ethyl adjacent to an activating group) is 1. The summed E-state index contributed by atoms with van der Waals surface area (Å²) in [6.07, 6.45) is 5.34. The highest BCUT2D eigenvalue weighted by atomic mass is 79.9. The Morgan fingerprint density at radius 3 is 2.93 bits per heavy atom. The molecule has 3 nitrogen and oxygen atoms in total. The molecule has 1 aliphatic heterocycles. The summed E-state index contributed by atoms with van der Waals surface area (Å²) in [6, 6.07) is -0.122. The van der Waals surface area contributed by atoms with Crippen LogP contribution in [0.3, 0.4) is 0 Å². The van der Waals surface area contributed by atoms with Crippen LogP contribution in [0.5, 0.6) is 0 Å². The predicted molar refractivity (Wildman–Crippen MR) is 58.9 cm³/mol. The Morgan fingerprint density at radius 1 is 1.79 bits per heavy atom. The van der Waals surface area contributed by atoms with E-state index >= 15 is 0 Å². The highest BCUT2D eigenvalue weighted by Gasteiger charge is 2.24. The third-order valence-corrected chi connectivity index (χ3v) is 2.46. The standard InChI is InChI=1S/C10H12BrNO2/c1-4-9-8(10(13)14-3)5-7(11)6-12(9)2/h4-6,9H,1H2,2-3H3. The van der Waals surface area contributed by atoms with Gasteiger partial charge in [-0.1, -0.05) is 6.08 Å². The highest BCUT2D eigenvalue weighted by molar-refractivity contribution is 9.11. The summed E-state index contributed by atoms with van der Waals surface area (Å²) in [5.41, 5.74) is 0.583. The molecular formula is C10H12BrNO2. The van der Waals surface area contributed by atoms with Crippen LogP contribution in [0.15, 0.2) is 35.0 Å². The Kier molecular flexibility index (Phi) is 3.52. The Bertz CT molecular complexity index is 320. The second kappa shape index (κ2) is 4.46. The molecule has 4 heteroatoms. The minimum absolute atomic E-state index is 0.122. The summed E-state index contributed by atoms with van der Waals surface area (Å²) in [7, 11) is 3.25. The van der Waals surface area contributed by atoms with Crippen molar-refractivity contribution in [2.75, 3.05) is 14.2 Å². The summed E-state index contributed by atoms with van der Waals surface area (Å²) >= 11 is 3.32. The molecule has 0 radical (unpaired) electrons. The van der Waals surface area contributed by atoms with Gasteiger partial charge in [0, 0.05) is 17.7 Å². The number of nitrogens with zero attached hydrogens (tertiary/aromatic N) is 1. The first-order valence-electron chi connectivity index (χ1n) is 4.12. The molecule has 1 aliphatic rings. The molecule has 0 aromatic heterocycles. The smallest absolute Gasteiger partial charge is 0.336 e. The maximum atomic E-state index is 11.4. The normalized spacial score (nSPS) is 21.1. The van der Waals surface area contributed by atoms with Crippen LogP contribution in [0, 0.1) is 0 Å². The molecule has 0 bridgehead atoms. The van der Waals surface area contributed by atoms with E-state index in [4.69, 9.17) is 0 Å². The molecule has 0 N–H and O–H groups in total. The number of methoxy groups -OCH3 is 1. The minimum atomic E-state index is -0.327. The van der Waals surface area contributed by atoms with E-state index in [1.54, 1.807) is 12.2 Å². The van der Waals surface area contributed by atoms with Gasteiger partial charge in [-0.2, -0.15) is 0 Å². The number of halogens is 1. The van der Waals surface area contributed by atoms with Crippen LogP contribution in [-0.2, 0) is 9.53 Å². The molecular weight excluding hydrogens is 246 g/mol. The molecule has 0 fully saturated rings. The first-order chi connectivity index (χ1) is 6.60. The van der Waals surface area contributed by atoms with Crippen molar-refractivity contribution in [3.8, 4) is 0 Å². The number of esters is 1. The summed E-state index contributed by atoms with van der Waals surface area (Å²) in [4.78, 5) is 13.3. The van der Waals surface area contributed by atoms with Gasteiger partial charge >= 0.3 is 5.97 Å². The van der Waals surface area contributed by atoms with E-state index in [2.05, 4.69) is 27.2 Å². The zero-order valence-electron chi connectivity index (χ0n) is 8.16. The molecule has 1 atom stereocenters. The molecule has 76 valence electrons. The number of ether oxygens (including phenoxy) is 1. The van der Waals surface area contributed by atoms with E-state index in [1.165, 1.54) is 7.11 Å². The Balaban J connectivity index is 3.04. The second-order valence-corrected chi connectivity index (χ2v) is 3.87. The van der Waals surface area contributed by atoms with Gasteiger partial charge in [0.2, 0.25) is 0 Å². The average molecular weight is 258 g/mol. The van der Waals surface area contributed by atoms with E-state index in [9.17, 15) is 4.79 Å². The van der Waals surface area contributed by atoms with Gasteiger partial charge in [0.05, 0.1) is 18.7 Å². The van der Waals surface area contributed by atoms with E-state index in [0.29, 0.717) is 5.57 Å². The summed E-state index contributed by atoms with van der Waals surface area (Å²) in [5.74, 6) is -0.327. The zero-order valence-corrected chi connectivity index (χ0v) is 9.74. The van der Waals surface area contributed by atoms with Crippen LogP contribution in [0.25, 0.3) is 0 Å². The lowest BCUT2D eigenvalue weighted by molar-refractivity contribution is -0.136. The number of hydrogen-bond acceptors (Lipinski definition) is 3. The van der Waals surface area contributed by atoms with E-state index in [-0.39, 0.29) is 12.0 Å². The third-order valence-electron chi connectivity index (χ3n) is 2.02. The maximum absolute atomic E-state index is 11.4. The molecule has 1 unspecified atom stereocenters. The number of allylic oxidation sites excluding steroid dienone is 2. The maximum Gasteiger partial charge on any atom is 0.336 e. The molecule has 0 saturated carbocycles. The molecule has 14 heavy (non-hydrogen) atoms. The second-order valence-electron chi connectivity index (χ2n) is 2.95. The number of hydrogen-bond donors (Lipinski definition) is 0. The van der Waals surface area contributed by atoms with Crippen molar-refractivity contribution < 1.29 is 9.53 Å². The van der Waals surface area contributed by atoms with Gasteiger partial charge in [0.1, 0.15) is 0 Å². The summed E-state index contributed by atoms with van der Waals surface area (Å²) in [6.45, 7) is 3.69. The number of rotatable bonds is 2. The van der Waals surface area contributed by atoms with Gasteiger partial charge in [-0.3, -0.25) is 0 Å². The van der Waals surface area contributed by atoms with E-state index in [0.717, 1.165) is 4.48 Å². The van der Waals surface area contributed by atoms with Crippen LogP contribution in [0.4, 0.5) is 0 Å². The third kappa shape index (κ3) is 2.07. The van der Waals surface area contributed by atoms with Gasteiger partial charge in [0.15, 0.2) is 0 Å². The van der Waals surface area contributed by atoms with E-state index < -0.39 is 0 Å². The average Bonchev–Trinajstić information content (AvgIpc) is 2.15. The fraction of sp³-hybridized carbons (Fsp3) is 0.300. The number of carbonyl (C=O) groups excluding carboxylic acids is 1. The predicted octanol–water partition coefficient (Wildman–Crippen LogP) is 1.82. The van der Waals surface area contributed by atoms with Gasteiger partial charge < -0.3 is 9.64 Å². The Labute approximate surface area is 91.9 Å². The molecule has 0 amide bonds. The lowest BCUT2D eigenvalue weighted by Crippen LogP contribution is -2.33. The first kappa shape index (κ1) is 11.0. The minimum Gasteiger partial charge on any atom is -0.466 e. The van der Waals surface area contributed by atoms with Crippen LogP contribution in [-0.4, -0.2) is 31.1 Å². The van der Waals surface area contributed by atoms with Crippen molar-refractivity contribution >= 4 is 21.9 Å². The van der Waals surface area contributed by atoms with Crippen molar-refractivity contribution in [2.45, 2.75) is 6.04 Å². The summed E-state index contributed by atoms with van der Waals surface area (Å²) < 4.78 is 5.53. The quantitative estimate of drug-likeness (QED) is 0.559. The Morgan fingerprint density at radius 2 is 2.43 bits per heavy atom. The molecule has 1 rings (SSSR count). The van der Waals surface area contributed by atoms with Crippen LogP contribution in [0.1, 0.15) is 0 Å². The Hall–Kier alpha value is -1.03. The summed E-state index contributed by atoms with van der Waals surface area (Å²) in [5, 5.41) is 0. The van der Waals surface area contributed by atoms with Gasteiger partial charge in [-0.05, 0) is 22.0 Å². The van der Waals surface area contributed by atoms with Crippen molar-refractivity contribution in [3.63, 3.8) is 0 Å². The van der Waals surface area contributed by atoms with Crippen molar-refractivity contribution in [2.24, 2.45) is 0 Å². The van der Waals surface area contributed by atoms with Crippen molar-refractivity contribution in [1.82, 2.24) is 4.90 Å². The largest absolute Gasteiger partial charge is 0.466 e. The van der Waals surface area contributed by atoms with Crippen molar-refractivity contribution in [1.29, 1.82) is 0 Å². The fourth-order valence-electron chi connectivity index (χ4n) is 1.36. The molecule has 0 aromatic rings. The lowest BCUT2D eigenvalue weighted by Gasteiger charge is -2.28. The molecule has 0 aromatic carbocycles. The van der Waals surface area contributed by atoms with Crippen LogP contribution >= 0.6 is 15.9 Å². The highest BCUT2D eigenvalue weighted by Crippen LogP contribution is 2.24. The topological polar surface area (TPSA) is 29.5 Å². The van der Waals surface area contributed by atoms with Crippen molar-refractivity contribution in [3.05, 3.63) is 35.0 Å². The molecule has 1 heterocycles. The van der Waals surface area contributed by atoms with E-state index in [1.807, 2.05) is 18.1 Å². The SMILES string of the molecule is C=CC1C(C(=O)OC)=CC(Br)=CN1C. The monoisotopic (exact) mass is 257 g/mol.